The van der Waals surface area contributed by atoms with Crippen LogP contribution < -0.4 is 0 Å². The number of carbonyl (C=O) groups excluding carboxylic acids is 2. The summed E-state index contributed by atoms with van der Waals surface area (Å²) in [6.07, 6.45) is 2.18. The Morgan fingerprint density at radius 1 is 1.30 bits per heavy atom. The maximum Gasteiger partial charge on any atom is 0.341 e. The van der Waals surface area contributed by atoms with E-state index in [2.05, 4.69) is 18.8 Å². The number of aliphatic imine (C=N–C) groups is 1. The molecule has 0 saturated heterocycles. The van der Waals surface area contributed by atoms with Gasteiger partial charge in [0, 0.05) is 5.92 Å². The SMILES string of the molecule is CCOC(=O)[C@](O)(CCc1ccccc1)[C@@H]1N=C2C[C@@H]3C[C@@H](C3(C)C)[C@@]2(C)OC1=O. The fraction of sp³-hybridized carbons (Fsp3) is 0.625. The van der Waals surface area contributed by atoms with Gasteiger partial charge in [-0.25, -0.2) is 9.59 Å². The minimum absolute atomic E-state index is 0.0292. The molecule has 162 valence electrons. The van der Waals surface area contributed by atoms with Crippen molar-refractivity contribution in [3.63, 3.8) is 0 Å². The summed E-state index contributed by atoms with van der Waals surface area (Å²) in [5, 5.41) is 11.4. The quantitative estimate of drug-likeness (QED) is 0.725. The van der Waals surface area contributed by atoms with Crippen molar-refractivity contribution in [3.05, 3.63) is 35.9 Å². The molecule has 30 heavy (non-hydrogen) atoms. The lowest BCUT2D eigenvalue weighted by molar-refractivity contribution is -0.198. The van der Waals surface area contributed by atoms with E-state index in [1.54, 1.807) is 6.92 Å². The molecule has 3 fully saturated rings. The second kappa shape index (κ2) is 7.19. The third-order valence-corrected chi connectivity index (χ3v) is 7.69. The first-order valence-corrected chi connectivity index (χ1v) is 10.9. The van der Waals surface area contributed by atoms with Crippen LogP contribution in [0.25, 0.3) is 0 Å². The van der Waals surface area contributed by atoms with Gasteiger partial charge in [-0.1, -0.05) is 44.2 Å². The molecule has 0 aromatic heterocycles. The monoisotopic (exact) mass is 413 g/mol. The maximum absolute atomic E-state index is 13.1. The second-order valence-corrected chi connectivity index (χ2v) is 9.65. The van der Waals surface area contributed by atoms with Crippen LogP contribution in [-0.2, 0) is 25.5 Å². The number of esters is 2. The van der Waals surface area contributed by atoms with Gasteiger partial charge in [0.25, 0.3) is 0 Å². The summed E-state index contributed by atoms with van der Waals surface area (Å²) >= 11 is 0. The summed E-state index contributed by atoms with van der Waals surface area (Å²) in [5.41, 5.74) is -0.987. The van der Waals surface area contributed by atoms with E-state index in [0.29, 0.717) is 12.3 Å². The van der Waals surface area contributed by atoms with E-state index in [1.807, 2.05) is 37.3 Å². The fourth-order valence-corrected chi connectivity index (χ4v) is 5.61. The molecule has 1 aliphatic heterocycles. The molecule has 5 atom stereocenters. The number of aryl methyl sites for hydroxylation is 1. The minimum Gasteiger partial charge on any atom is -0.464 e. The Morgan fingerprint density at radius 2 is 2.00 bits per heavy atom. The number of rotatable bonds is 6. The van der Waals surface area contributed by atoms with E-state index in [9.17, 15) is 14.7 Å². The second-order valence-electron chi connectivity index (χ2n) is 9.65. The molecular formula is C24H31NO5. The molecule has 5 rings (SSSR count). The standard InChI is InChI=1S/C24H31NO5/c1-5-29-21(27)24(28,12-11-15-9-7-6-8-10-15)19-20(26)30-23(4)17-13-16(22(17,2)3)14-18(23)25-19/h6-10,16-17,19,28H,5,11-14H2,1-4H3/t16-,17-,19+,23+,24-/m0/s1. The molecule has 1 heterocycles. The van der Waals surface area contributed by atoms with E-state index in [-0.39, 0.29) is 24.4 Å². The summed E-state index contributed by atoms with van der Waals surface area (Å²) in [6, 6.07) is 8.24. The molecule has 3 saturated carbocycles. The molecule has 0 spiro atoms. The zero-order chi connectivity index (χ0) is 21.7. The highest BCUT2D eigenvalue weighted by molar-refractivity contribution is 6.03. The minimum atomic E-state index is -2.06. The first-order valence-electron chi connectivity index (χ1n) is 10.9. The van der Waals surface area contributed by atoms with Crippen LogP contribution in [-0.4, -0.2) is 46.6 Å². The van der Waals surface area contributed by atoms with Crippen LogP contribution in [0.3, 0.4) is 0 Å². The Morgan fingerprint density at radius 3 is 2.63 bits per heavy atom. The normalized spacial score (nSPS) is 33.3. The van der Waals surface area contributed by atoms with Crippen LogP contribution in [0.1, 0.15) is 52.5 Å². The molecule has 1 aromatic rings. The van der Waals surface area contributed by atoms with Gasteiger partial charge in [-0.2, -0.15) is 0 Å². The van der Waals surface area contributed by atoms with Crippen molar-refractivity contribution in [1.29, 1.82) is 0 Å². The van der Waals surface area contributed by atoms with Crippen molar-refractivity contribution >= 4 is 17.7 Å². The average Bonchev–Trinajstić information content (AvgIpc) is 2.71. The van der Waals surface area contributed by atoms with Crippen LogP contribution in [0.5, 0.6) is 0 Å². The number of hydrogen-bond donors (Lipinski definition) is 1. The fourth-order valence-electron chi connectivity index (χ4n) is 5.61. The zero-order valence-electron chi connectivity index (χ0n) is 18.2. The summed E-state index contributed by atoms with van der Waals surface area (Å²) in [5.74, 6) is -0.790. The van der Waals surface area contributed by atoms with E-state index in [1.165, 1.54) is 0 Å². The van der Waals surface area contributed by atoms with E-state index >= 15 is 0 Å². The molecule has 6 heteroatoms. The number of ether oxygens (including phenoxy) is 2. The predicted molar refractivity (Wildman–Crippen MR) is 112 cm³/mol. The van der Waals surface area contributed by atoms with Gasteiger partial charge in [0.15, 0.2) is 17.2 Å². The van der Waals surface area contributed by atoms with E-state index in [4.69, 9.17) is 9.47 Å². The summed E-state index contributed by atoms with van der Waals surface area (Å²) in [7, 11) is 0. The largest absolute Gasteiger partial charge is 0.464 e. The van der Waals surface area contributed by atoms with Crippen molar-refractivity contribution in [1.82, 2.24) is 0 Å². The lowest BCUT2D eigenvalue weighted by Gasteiger charge is -2.64. The molecule has 1 N–H and O–H groups in total. The molecule has 6 nitrogen and oxygen atoms in total. The third-order valence-electron chi connectivity index (χ3n) is 7.69. The lowest BCUT2D eigenvalue weighted by Crippen LogP contribution is -2.70. The summed E-state index contributed by atoms with van der Waals surface area (Å²) in [6.45, 7) is 8.13. The van der Waals surface area contributed by atoms with E-state index < -0.39 is 29.2 Å². The van der Waals surface area contributed by atoms with Crippen molar-refractivity contribution in [3.8, 4) is 0 Å². The Labute approximate surface area is 177 Å². The Kier molecular flexibility index (Phi) is 5.04. The van der Waals surface area contributed by atoms with Gasteiger partial charge in [0.05, 0.1) is 12.3 Å². The Hall–Kier alpha value is -2.21. The van der Waals surface area contributed by atoms with Crippen LogP contribution in [0, 0.1) is 17.3 Å². The van der Waals surface area contributed by atoms with E-state index in [0.717, 1.165) is 24.1 Å². The first-order chi connectivity index (χ1) is 14.1. The highest BCUT2D eigenvalue weighted by Crippen LogP contribution is 2.63. The van der Waals surface area contributed by atoms with Crippen LogP contribution >= 0.6 is 0 Å². The molecule has 1 aromatic carbocycles. The molecule has 4 aliphatic rings. The highest BCUT2D eigenvalue weighted by Gasteiger charge is 2.67. The number of nitrogens with zero attached hydrogens (tertiary/aromatic N) is 1. The first kappa shape index (κ1) is 21.0. The molecule has 0 unspecified atom stereocenters. The lowest BCUT2D eigenvalue weighted by atomic mass is 9.43. The average molecular weight is 414 g/mol. The third kappa shape index (κ3) is 3.08. The van der Waals surface area contributed by atoms with Gasteiger partial charge in [-0.05, 0) is 56.4 Å². The van der Waals surface area contributed by atoms with Crippen LogP contribution in [0.4, 0.5) is 0 Å². The smallest absolute Gasteiger partial charge is 0.341 e. The number of carbonyl (C=O) groups is 2. The van der Waals surface area contributed by atoms with Crippen molar-refractivity contribution in [2.24, 2.45) is 22.2 Å². The Balaban J connectivity index is 1.66. The maximum atomic E-state index is 13.1. The number of hydrogen-bond acceptors (Lipinski definition) is 6. The highest BCUT2D eigenvalue weighted by atomic mass is 16.6. The van der Waals surface area contributed by atoms with Gasteiger partial charge in [0.1, 0.15) is 0 Å². The van der Waals surface area contributed by atoms with Gasteiger partial charge in [0.2, 0.25) is 0 Å². The van der Waals surface area contributed by atoms with Gasteiger partial charge in [-0.15, -0.1) is 0 Å². The molecular weight excluding hydrogens is 382 g/mol. The topological polar surface area (TPSA) is 85.2 Å². The van der Waals surface area contributed by atoms with Crippen molar-refractivity contribution < 1.29 is 24.2 Å². The summed E-state index contributed by atoms with van der Waals surface area (Å²) in [4.78, 5) is 30.6. The Bertz CT molecular complexity index is 879. The van der Waals surface area contributed by atoms with Crippen LogP contribution in [0.2, 0.25) is 0 Å². The molecule has 2 bridgehead atoms. The predicted octanol–water partition coefficient (Wildman–Crippen LogP) is 3.10. The van der Waals surface area contributed by atoms with Gasteiger partial charge in [-0.3, -0.25) is 4.99 Å². The van der Waals surface area contributed by atoms with Crippen molar-refractivity contribution in [2.75, 3.05) is 6.61 Å². The number of aliphatic hydroxyl groups is 1. The number of benzene rings is 1. The van der Waals surface area contributed by atoms with Crippen LogP contribution in [0.15, 0.2) is 35.3 Å². The molecule has 0 amide bonds. The summed E-state index contributed by atoms with van der Waals surface area (Å²) < 4.78 is 11.1. The zero-order valence-corrected chi connectivity index (χ0v) is 18.2. The van der Waals surface area contributed by atoms with Crippen molar-refractivity contribution in [2.45, 2.75) is 70.6 Å². The van der Waals surface area contributed by atoms with Gasteiger partial charge < -0.3 is 14.6 Å². The van der Waals surface area contributed by atoms with Gasteiger partial charge >= 0.3 is 11.9 Å². The molecule has 3 aliphatic carbocycles. The molecule has 0 radical (unpaired) electrons.